The summed E-state index contributed by atoms with van der Waals surface area (Å²) in [5, 5.41) is 101. The van der Waals surface area contributed by atoms with Gasteiger partial charge in [-0.3, -0.25) is 4.52 Å². The smallest absolute Gasteiger partial charge is 0.394 e. The summed E-state index contributed by atoms with van der Waals surface area (Å²) in [6.45, 7) is -2.64. The van der Waals surface area contributed by atoms with E-state index in [2.05, 4.69) is 4.52 Å². The topological polar surface area (TPSA) is 315 Å². The van der Waals surface area contributed by atoms with Gasteiger partial charge in [0.05, 0.1) is 19.8 Å². The van der Waals surface area contributed by atoms with Gasteiger partial charge in [-0.15, -0.1) is 0 Å². The minimum atomic E-state index is -5.03. The molecule has 12 N–H and O–H groups in total. The molecule has 0 amide bonds. The van der Waals surface area contributed by atoms with Crippen molar-refractivity contribution in [3.63, 3.8) is 0 Å². The van der Waals surface area contributed by atoms with Gasteiger partial charge in [-0.1, -0.05) is 0 Å². The van der Waals surface area contributed by atoms with Crippen molar-refractivity contribution in [2.45, 2.75) is 92.1 Å². The first-order valence-electron chi connectivity index (χ1n) is 11.3. The highest BCUT2D eigenvalue weighted by atomic mass is 31.2. The van der Waals surface area contributed by atoms with Crippen LogP contribution in [0.15, 0.2) is 0 Å². The van der Waals surface area contributed by atoms with Gasteiger partial charge in [-0.25, -0.2) is 4.57 Å². The molecule has 3 aliphatic rings. The zero-order valence-corrected chi connectivity index (χ0v) is 20.3. The van der Waals surface area contributed by atoms with Gasteiger partial charge in [0.25, 0.3) is 0 Å². The molecule has 38 heavy (non-hydrogen) atoms. The van der Waals surface area contributed by atoms with Gasteiger partial charge in [0, 0.05) is 0 Å². The van der Waals surface area contributed by atoms with E-state index in [-0.39, 0.29) is 0 Å². The summed E-state index contributed by atoms with van der Waals surface area (Å²) in [5.41, 5.74) is 0. The Labute approximate surface area is 214 Å². The number of hydrogen-bond acceptors (Lipinski definition) is 17. The van der Waals surface area contributed by atoms with E-state index in [1.54, 1.807) is 0 Å². The van der Waals surface area contributed by atoms with Crippen molar-refractivity contribution >= 4 is 7.82 Å². The largest absolute Gasteiger partial charge is 0.469 e. The molecule has 20 heteroatoms. The first-order chi connectivity index (χ1) is 17.7. The molecule has 0 aromatic rings. The minimum absolute atomic E-state index is 0.791. The molecule has 3 fully saturated rings. The molecule has 15 atom stereocenters. The Hall–Kier alpha value is -0.490. The SMILES string of the molecule is O=P(O)(O)OC[C@H]1O[C@H](O[C@@H]2[C@H](O)[C@@H](O[C@@H]3[C@H](O)[C@H](O)O[C@H](CO)[C@H]3O)O[C@H](CO)[C@H]2O)[C@@H](O)[C@@H](O)[C@@H]1O. The van der Waals surface area contributed by atoms with Crippen LogP contribution in [0.3, 0.4) is 0 Å². The van der Waals surface area contributed by atoms with E-state index in [1.165, 1.54) is 0 Å². The quantitative estimate of drug-likeness (QED) is 0.112. The summed E-state index contributed by atoms with van der Waals surface area (Å²) in [5.74, 6) is 0. The van der Waals surface area contributed by atoms with E-state index < -0.39 is 120 Å². The van der Waals surface area contributed by atoms with E-state index in [1.807, 2.05) is 0 Å². The van der Waals surface area contributed by atoms with Crippen LogP contribution in [0.5, 0.6) is 0 Å². The Morgan fingerprint density at radius 2 is 1.05 bits per heavy atom. The highest BCUT2D eigenvalue weighted by Gasteiger charge is 2.53. The van der Waals surface area contributed by atoms with E-state index in [4.69, 9.17) is 33.5 Å². The minimum Gasteiger partial charge on any atom is -0.394 e. The van der Waals surface area contributed by atoms with Crippen LogP contribution in [0.4, 0.5) is 0 Å². The standard InChI is InChI=1S/C18H33O19P/c19-1-4-8(22)14(12(26)16(28)33-4)36-18-13(27)15(9(23)5(2-20)34-18)37-17-11(25)10(24)7(21)6(35-17)3-32-38(29,30)31/h4-28H,1-3H2,(H2,29,30,31)/t4-,5-,6-,7-,8-,9-,10+,11+,12+,13+,14+,15+,16-,17-,18-/m1/s1. The zero-order valence-electron chi connectivity index (χ0n) is 19.5. The third-order valence-electron chi connectivity index (χ3n) is 6.32. The van der Waals surface area contributed by atoms with Crippen molar-refractivity contribution in [3.8, 4) is 0 Å². The zero-order chi connectivity index (χ0) is 28.5. The van der Waals surface area contributed by atoms with E-state index in [0.717, 1.165) is 0 Å². The van der Waals surface area contributed by atoms with Crippen LogP contribution >= 0.6 is 7.82 Å². The van der Waals surface area contributed by atoms with Crippen LogP contribution in [0.25, 0.3) is 0 Å². The molecule has 0 spiro atoms. The lowest BCUT2D eigenvalue weighted by Gasteiger charge is -2.47. The third kappa shape index (κ3) is 7.04. The molecule has 3 rings (SSSR count). The number of ether oxygens (including phenoxy) is 5. The van der Waals surface area contributed by atoms with Crippen molar-refractivity contribution in [2.24, 2.45) is 0 Å². The first kappa shape index (κ1) is 32.0. The summed E-state index contributed by atoms with van der Waals surface area (Å²) in [7, 11) is -5.03. The van der Waals surface area contributed by atoms with Gasteiger partial charge in [0.15, 0.2) is 18.9 Å². The molecule has 3 heterocycles. The molecule has 0 saturated carbocycles. The molecule has 0 radical (unpaired) electrons. The van der Waals surface area contributed by atoms with Gasteiger partial charge >= 0.3 is 7.82 Å². The highest BCUT2D eigenvalue weighted by Crippen LogP contribution is 2.37. The average Bonchev–Trinajstić information content (AvgIpc) is 2.86. The van der Waals surface area contributed by atoms with Crippen molar-refractivity contribution in [3.05, 3.63) is 0 Å². The number of aliphatic hydroxyl groups is 10. The number of hydrogen-bond donors (Lipinski definition) is 12. The third-order valence-corrected chi connectivity index (χ3v) is 6.81. The molecule has 19 nitrogen and oxygen atoms in total. The molecule has 3 saturated heterocycles. The van der Waals surface area contributed by atoms with Crippen molar-refractivity contribution < 1.29 is 93.6 Å². The first-order valence-corrected chi connectivity index (χ1v) is 12.9. The van der Waals surface area contributed by atoms with Crippen LogP contribution < -0.4 is 0 Å². The molecule has 0 aliphatic carbocycles. The fourth-order valence-corrected chi connectivity index (χ4v) is 4.54. The lowest BCUT2D eigenvalue weighted by atomic mass is 9.96. The maximum atomic E-state index is 11.0. The highest BCUT2D eigenvalue weighted by molar-refractivity contribution is 7.46. The molecule has 0 aromatic carbocycles. The second-order valence-electron chi connectivity index (χ2n) is 8.94. The molecule has 0 bridgehead atoms. The fourth-order valence-electron chi connectivity index (χ4n) is 4.20. The Kier molecular flexibility index (Phi) is 11.0. The second-order valence-corrected chi connectivity index (χ2v) is 10.2. The van der Waals surface area contributed by atoms with Crippen molar-refractivity contribution in [2.75, 3.05) is 19.8 Å². The monoisotopic (exact) mass is 584 g/mol. The lowest BCUT2D eigenvalue weighted by Crippen LogP contribution is -2.66. The number of phosphoric ester groups is 1. The number of phosphoric acid groups is 1. The molecule has 0 aromatic heterocycles. The van der Waals surface area contributed by atoms with Crippen LogP contribution in [0.2, 0.25) is 0 Å². The Bertz CT molecular complexity index is 800. The summed E-state index contributed by atoms with van der Waals surface area (Å²) < 4.78 is 41.4. The predicted molar refractivity (Wildman–Crippen MR) is 112 cm³/mol. The molecule has 0 unspecified atom stereocenters. The Morgan fingerprint density at radius 3 is 1.58 bits per heavy atom. The fraction of sp³-hybridized carbons (Fsp3) is 1.00. The Morgan fingerprint density at radius 1 is 0.579 bits per heavy atom. The van der Waals surface area contributed by atoms with Crippen LogP contribution in [-0.2, 0) is 32.8 Å². The van der Waals surface area contributed by atoms with Crippen molar-refractivity contribution in [1.82, 2.24) is 0 Å². The van der Waals surface area contributed by atoms with E-state index in [9.17, 15) is 55.6 Å². The maximum absolute atomic E-state index is 11.0. The van der Waals surface area contributed by atoms with Gasteiger partial charge < -0.3 is 84.5 Å². The molecule has 3 aliphatic heterocycles. The average molecular weight is 584 g/mol. The van der Waals surface area contributed by atoms with Gasteiger partial charge in [0.1, 0.15) is 73.2 Å². The second kappa shape index (κ2) is 13.0. The van der Waals surface area contributed by atoms with Crippen LogP contribution in [0, 0.1) is 0 Å². The Balaban J connectivity index is 1.78. The predicted octanol–water partition coefficient (Wildman–Crippen LogP) is -7.46. The normalized spacial score (nSPS) is 48.7. The van der Waals surface area contributed by atoms with Crippen molar-refractivity contribution in [1.29, 1.82) is 0 Å². The summed E-state index contributed by atoms with van der Waals surface area (Å²) >= 11 is 0. The van der Waals surface area contributed by atoms with Crippen LogP contribution in [-0.4, -0.2) is 173 Å². The van der Waals surface area contributed by atoms with Gasteiger partial charge in [-0.2, -0.15) is 0 Å². The molecular weight excluding hydrogens is 551 g/mol. The summed E-state index contributed by atoms with van der Waals surface area (Å²) in [4.78, 5) is 17.7. The summed E-state index contributed by atoms with van der Waals surface area (Å²) in [6, 6.07) is 0. The number of aliphatic hydroxyl groups excluding tert-OH is 10. The molecule has 224 valence electrons. The summed E-state index contributed by atoms with van der Waals surface area (Å²) in [6.07, 6.45) is -27.4. The lowest BCUT2D eigenvalue weighted by molar-refractivity contribution is -0.379. The molecular formula is C18H33O19P. The van der Waals surface area contributed by atoms with Crippen LogP contribution in [0.1, 0.15) is 0 Å². The van der Waals surface area contributed by atoms with E-state index >= 15 is 0 Å². The van der Waals surface area contributed by atoms with E-state index in [0.29, 0.717) is 0 Å². The number of rotatable bonds is 9. The van der Waals surface area contributed by atoms with Gasteiger partial charge in [0.2, 0.25) is 0 Å². The maximum Gasteiger partial charge on any atom is 0.469 e. The van der Waals surface area contributed by atoms with Gasteiger partial charge in [-0.05, 0) is 0 Å².